The molecule has 2 aliphatic rings. The maximum atomic E-state index is 3.92. The predicted octanol–water partition coefficient (Wildman–Crippen LogP) is 4.10. The van der Waals surface area contributed by atoms with Crippen LogP contribution in [0.25, 0.3) is 0 Å². The van der Waals surface area contributed by atoms with Crippen LogP contribution in [0.2, 0.25) is 0 Å². The number of nitrogens with one attached hydrogen (secondary N) is 2. The topological polar surface area (TPSA) is 24.1 Å². The van der Waals surface area contributed by atoms with Crippen molar-refractivity contribution in [2.24, 2.45) is 5.41 Å². The summed E-state index contributed by atoms with van der Waals surface area (Å²) < 4.78 is 0. The number of hydrogen-bond acceptors (Lipinski definition) is 3. The number of rotatable bonds is 4. The highest BCUT2D eigenvalue weighted by Crippen LogP contribution is 2.43. The molecule has 0 aromatic carbocycles. The molecule has 2 nitrogen and oxygen atoms in total. The molecule has 2 N–H and O–H groups in total. The van der Waals surface area contributed by atoms with E-state index < -0.39 is 0 Å². The van der Waals surface area contributed by atoms with E-state index in [1.165, 1.54) is 62.9 Å². The summed E-state index contributed by atoms with van der Waals surface area (Å²) in [7, 11) is 0. The highest BCUT2D eigenvalue weighted by atomic mass is 32.1. The molecule has 3 rings (SSSR count). The zero-order valence-electron chi connectivity index (χ0n) is 12.7. The molecule has 2 fully saturated rings. The first kappa shape index (κ1) is 14.6. The molecule has 0 bridgehead atoms. The standard InChI is InChI=1S/C17H28N2S/c1-2-15(16-4-3-13-20-16)19-14-5-7-17(8-6-14)9-11-18-12-10-17/h3-4,13-15,18-19H,2,5-12H2,1H3. The molecule has 2 heterocycles. The molecule has 0 amide bonds. The summed E-state index contributed by atoms with van der Waals surface area (Å²) in [4.78, 5) is 1.51. The van der Waals surface area contributed by atoms with Gasteiger partial charge in [0.1, 0.15) is 0 Å². The summed E-state index contributed by atoms with van der Waals surface area (Å²) in [5.74, 6) is 0. The number of thiophene rings is 1. The van der Waals surface area contributed by atoms with Gasteiger partial charge in [-0.2, -0.15) is 0 Å². The largest absolute Gasteiger partial charge is 0.317 e. The van der Waals surface area contributed by atoms with Crippen LogP contribution in [0.15, 0.2) is 17.5 Å². The van der Waals surface area contributed by atoms with Crippen LogP contribution >= 0.6 is 11.3 Å². The van der Waals surface area contributed by atoms with Gasteiger partial charge in [0.15, 0.2) is 0 Å². The van der Waals surface area contributed by atoms with E-state index in [-0.39, 0.29) is 0 Å². The Kier molecular flexibility index (Phi) is 4.79. The second-order valence-corrected chi connectivity index (χ2v) is 7.65. The quantitative estimate of drug-likeness (QED) is 0.873. The van der Waals surface area contributed by atoms with E-state index in [1.54, 1.807) is 0 Å². The Morgan fingerprint density at radius 3 is 2.65 bits per heavy atom. The Balaban J connectivity index is 1.53. The Bertz CT molecular complexity index is 385. The van der Waals surface area contributed by atoms with Crippen molar-refractivity contribution < 1.29 is 0 Å². The van der Waals surface area contributed by atoms with E-state index >= 15 is 0 Å². The highest BCUT2D eigenvalue weighted by molar-refractivity contribution is 7.10. The third kappa shape index (κ3) is 3.26. The maximum Gasteiger partial charge on any atom is 0.0414 e. The molecule has 112 valence electrons. The van der Waals surface area contributed by atoms with E-state index in [0.29, 0.717) is 11.5 Å². The van der Waals surface area contributed by atoms with Crippen LogP contribution in [0, 0.1) is 5.41 Å². The van der Waals surface area contributed by atoms with Gasteiger partial charge in [-0.25, -0.2) is 0 Å². The summed E-state index contributed by atoms with van der Waals surface area (Å²) in [6.07, 6.45) is 9.64. The van der Waals surface area contributed by atoms with Crippen molar-refractivity contribution in [3.63, 3.8) is 0 Å². The van der Waals surface area contributed by atoms with Gasteiger partial charge in [-0.05, 0) is 74.9 Å². The van der Waals surface area contributed by atoms with Crippen LogP contribution < -0.4 is 10.6 Å². The van der Waals surface area contributed by atoms with Gasteiger partial charge in [-0.3, -0.25) is 0 Å². The van der Waals surface area contributed by atoms with Crippen molar-refractivity contribution in [1.82, 2.24) is 10.6 Å². The van der Waals surface area contributed by atoms with E-state index in [4.69, 9.17) is 0 Å². The maximum absolute atomic E-state index is 3.92. The fraction of sp³-hybridized carbons (Fsp3) is 0.765. The van der Waals surface area contributed by atoms with Crippen LogP contribution in [-0.4, -0.2) is 19.1 Å². The molecule has 20 heavy (non-hydrogen) atoms. The average Bonchev–Trinajstić information content (AvgIpc) is 3.02. The molecule has 1 saturated carbocycles. The Labute approximate surface area is 127 Å². The normalized spacial score (nSPS) is 24.9. The summed E-state index contributed by atoms with van der Waals surface area (Å²) in [6.45, 7) is 4.78. The third-order valence-corrected chi connectivity index (χ3v) is 6.43. The van der Waals surface area contributed by atoms with Crippen molar-refractivity contribution in [2.75, 3.05) is 13.1 Å². The Morgan fingerprint density at radius 1 is 1.30 bits per heavy atom. The zero-order valence-corrected chi connectivity index (χ0v) is 13.5. The SMILES string of the molecule is CCC(NC1CCC2(CCNCC2)CC1)c1cccs1. The molecular weight excluding hydrogens is 264 g/mol. The first-order valence-corrected chi connectivity index (χ1v) is 9.19. The van der Waals surface area contributed by atoms with Gasteiger partial charge in [0.2, 0.25) is 0 Å². The van der Waals surface area contributed by atoms with Crippen LogP contribution in [0.5, 0.6) is 0 Å². The first-order chi connectivity index (χ1) is 9.81. The second kappa shape index (κ2) is 6.59. The first-order valence-electron chi connectivity index (χ1n) is 8.31. The Morgan fingerprint density at radius 2 is 2.05 bits per heavy atom. The summed E-state index contributed by atoms with van der Waals surface area (Å²) in [6, 6.07) is 5.77. The lowest BCUT2D eigenvalue weighted by molar-refractivity contribution is 0.112. The van der Waals surface area contributed by atoms with Crippen molar-refractivity contribution in [3.8, 4) is 0 Å². The number of hydrogen-bond donors (Lipinski definition) is 2. The van der Waals surface area contributed by atoms with Gasteiger partial charge in [0, 0.05) is 17.0 Å². The molecule has 1 aromatic heterocycles. The van der Waals surface area contributed by atoms with Gasteiger partial charge in [0.25, 0.3) is 0 Å². The van der Waals surface area contributed by atoms with Gasteiger partial charge >= 0.3 is 0 Å². The molecule has 3 heteroatoms. The average molecular weight is 292 g/mol. The highest BCUT2D eigenvalue weighted by Gasteiger charge is 2.36. The second-order valence-electron chi connectivity index (χ2n) is 6.67. The fourth-order valence-corrected chi connectivity index (χ4v) is 4.90. The molecule has 1 aromatic rings. The van der Waals surface area contributed by atoms with Crippen molar-refractivity contribution >= 4 is 11.3 Å². The van der Waals surface area contributed by atoms with Gasteiger partial charge < -0.3 is 10.6 Å². The molecule has 1 spiro atoms. The molecule has 1 unspecified atom stereocenters. The smallest absolute Gasteiger partial charge is 0.0414 e. The Hall–Kier alpha value is -0.380. The fourth-order valence-electron chi connectivity index (χ4n) is 4.03. The van der Waals surface area contributed by atoms with Crippen LogP contribution in [0.4, 0.5) is 0 Å². The van der Waals surface area contributed by atoms with Crippen LogP contribution in [0.1, 0.15) is 62.8 Å². The lowest BCUT2D eigenvalue weighted by atomic mass is 9.67. The van der Waals surface area contributed by atoms with Crippen LogP contribution in [0.3, 0.4) is 0 Å². The minimum absolute atomic E-state index is 0.571. The van der Waals surface area contributed by atoms with Gasteiger partial charge in [-0.1, -0.05) is 13.0 Å². The molecule has 1 atom stereocenters. The monoisotopic (exact) mass is 292 g/mol. The van der Waals surface area contributed by atoms with Crippen molar-refractivity contribution in [2.45, 2.75) is 64.0 Å². The number of piperidine rings is 1. The van der Waals surface area contributed by atoms with Crippen molar-refractivity contribution in [3.05, 3.63) is 22.4 Å². The molecule has 1 aliphatic heterocycles. The van der Waals surface area contributed by atoms with E-state index in [9.17, 15) is 0 Å². The van der Waals surface area contributed by atoms with Crippen molar-refractivity contribution in [1.29, 1.82) is 0 Å². The molecular formula is C17H28N2S. The lowest BCUT2D eigenvalue weighted by Crippen LogP contribution is -2.43. The minimum Gasteiger partial charge on any atom is -0.317 e. The summed E-state index contributed by atoms with van der Waals surface area (Å²) in [5, 5.41) is 9.64. The van der Waals surface area contributed by atoms with E-state index in [0.717, 1.165) is 6.04 Å². The van der Waals surface area contributed by atoms with Gasteiger partial charge in [-0.15, -0.1) is 11.3 Å². The van der Waals surface area contributed by atoms with E-state index in [2.05, 4.69) is 35.1 Å². The molecule has 0 radical (unpaired) electrons. The summed E-state index contributed by atoms with van der Waals surface area (Å²) >= 11 is 1.89. The van der Waals surface area contributed by atoms with E-state index in [1.807, 2.05) is 11.3 Å². The molecule has 1 aliphatic carbocycles. The minimum atomic E-state index is 0.571. The predicted molar refractivity (Wildman–Crippen MR) is 87.3 cm³/mol. The zero-order chi connectivity index (χ0) is 13.8. The lowest BCUT2D eigenvalue weighted by Gasteiger charge is -2.44. The molecule has 1 saturated heterocycles. The van der Waals surface area contributed by atoms with Crippen LogP contribution in [-0.2, 0) is 0 Å². The van der Waals surface area contributed by atoms with Gasteiger partial charge in [0.05, 0.1) is 0 Å². The third-order valence-electron chi connectivity index (χ3n) is 5.44. The summed E-state index contributed by atoms with van der Waals surface area (Å²) in [5.41, 5.74) is 0.689.